The summed E-state index contributed by atoms with van der Waals surface area (Å²) < 4.78 is 16.7. The van der Waals surface area contributed by atoms with Crippen LogP contribution in [0.1, 0.15) is 25.1 Å². The Morgan fingerprint density at radius 2 is 1.88 bits per heavy atom. The van der Waals surface area contributed by atoms with Gasteiger partial charge in [0.05, 0.1) is 26.5 Å². The summed E-state index contributed by atoms with van der Waals surface area (Å²) in [5.41, 5.74) is 4.42. The monoisotopic (exact) mass is 331 g/mol. The van der Waals surface area contributed by atoms with Crippen molar-refractivity contribution >= 4 is 0 Å². The van der Waals surface area contributed by atoms with Crippen LogP contribution in [0.3, 0.4) is 0 Å². The molecule has 0 amide bonds. The lowest BCUT2D eigenvalue weighted by Gasteiger charge is -2.25. The first-order valence-corrected chi connectivity index (χ1v) is 8.39. The molecule has 0 bridgehead atoms. The molecule has 2 aromatic rings. The fourth-order valence-corrected chi connectivity index (χ4v) is 3.16. The van der Waals surface area contributed by atoms with E-state index in [1.165, 1.54) is 11.3 Å². The molecule has 0 spiro atoms. The van der Waals surface area contributed by atoms with Crippen LogP contribution in [0, 0.1) is 0 Å². The van der Waals surface area contributed by atoms with Crippen molar-refractivity contribution in [3.05, 3.63) is 23.4 Å². The molecule has 1 aromatic heterocycles. The average Bonchev–Trinajstić information content (AvgIpc) is 3.05. The van der Waals surface area contributed by atoms with Gasteiger partial charge in [0.2, 0.25) is 5.75 Å². The van der Waals surface area contributed by atoms with Crippen LogP contribution < -0.4 is 14.2 Å². The molecule has 0 atom stereocenters. The number of hydrogen-bond donors (Lipinski definition) is 1. The lowest BCUT2D eigenvalue weighted by Crippen LogP contribution is -2.30. The predicted octanol–water partition coefficient (Wildman–Crippen LogP) is 2.87. The summed E-state index contributed by atoms with van der Waals surface area (Å²) >= 11 is 0. The second-order valence-electron chi connectivity index (χ2n) is 5.79. The van der Waals surface area contributed by atoms with Gasteiger partial charge in [-0.25, -0.2) is 0 Å². The minimum Gasteiger partial charge on any atom is -0.493 e. The third kappa shape index (κ3) is 2.94. The molecule has 130 valence electrons. The Morgan fingerprint density at radius 3 is 2.46 bits per heavy atom. The van der Waals surface area contributed by atoms with E-state index in [-0.39, 0.29) is 0 Å². The molecule has 1 aliphatic heterocycles. The number of ether oxygens (including phenoxy) is 3. The zero-order valence-electron chi connectivity index (χ0n) is 14.8. The third-order valence-corrected chi connectivity index (χ3v) is 4.48. The number of benzene rings is 1. The molecule has 3 rings (SSSR count). The molecule has 6 nitrogen and oxygen atoms in total. The molecule has 1 aliphatic rings. The number of rotatable bonds is 6. The molecule has 0 unspecified atom stereocenters. The van der Waals surface area contributed by atoms with Crippen molar-refractivity contribution in [3.8, 4) is 28.5 Å². The average molecular weight is 331 g/mol. The number of methoxy groups -OCH3 is 2. The largest absolute Gasteiger partial charge is 0.493 e. The van der Waals surface area contributed by atoms with E-state index in [1.54, 1.807) is 14.2 Å². The molecule has 0 radical (unpaired) electrons. The van der Waals surface area contributed by atoms with Gasteiger partial charge in [0, 0.05) is 36.3 Å². The number of fused-ring (bicyclic) bond motifs is 1. The minimum absolute atomic E-state index is 0.551. The van der Waals surface area contributed by atoms with Crippen molar-refractivity contribution in [2.45, 2.75) is 26.8 Å². The fraction of sp³-hybridized carbons (Fsp3) is 0.500. The highest BCUT2D eigenvalue weighted by atomic mass is 16.5. The van der Waals surface area contributed by atoms with E-state index in [0.717, 1.165) is 37.3 Å². The number of likely N-dealkylation sites (N-methyl/N-ethyl adjacent to an activating group) is 1. The van der Waals surface area contributed by atoms with Gasteiger partial charge in [0.25, 0.3) is 0 Å². The smallest absolute Gasteiger partial charge is 0.203 e. The molecule has 1 aromatic carbocycles. The Balaban J connectivity index is 2.06. The standard InChI is InChI=1S/C18H25N3O3/c1-5-21-8-7-14-13(11-21)17(20-19-14)12-9-15(22-3)18(24-6-2)16(10-12)23-4/h9-10H,5-8,11H2,1-4H3,(H,19,20). The first-order valence-electron chi connectivity index (χ1n) is 8.39. The molecular weight excluding hydrogens is 306 g/mol. The van der Waals surface area contributed by atoms with Crippen molar-refractivity contribution in [3.63, 3.8) is 0 Å². The zero-order chi connectivity index (χ0) is 17.1. The second-order valence-corrected chi connectivity index (χ2v) is 5.79. The predicted molar refractivity (Wildman–Crippen MR) is 93.0 cm³/mol. The van der Waals surface area contributed by atoms with Gasteiger partial charge in [-0.05, 0) is 25.6 Å². The lowest BCUT2D eigenvalue weighted by atomic mass is 10.0. The number of nitrogens with zero attached hydrogens (tertiary/aromatic N) is 2. The van der Waals surface area contributed by atoms with Gasteiger partial charge in [-0.3, -0.25) is 10.00 Å². The van der Waals surface area contributed by atoms with E-state index in [2.05, 4.69) is 22.0 Å². The van der Waals surface area contributed by atoms with Crippen molar-refractivity contribution in [1.82, 2.24) is 15.1 Å². The summed E-state index contributed by atoms with van der Waals surface area (Å²) in [5, 5.41) is 7.75. The van der Waals surface area contributed by atoms with Gasteiger partial charge in [-0.2, -0.15) is 5.10 Å². The van der Waals surface area contributed by atoms with Gasteiger partial charge in [0.15, 0.2) is 11.5 Å². The SMILES string of the molecule is CCOc1c(OC)cc(-c2n[nH]c3c2CN(CC)CC3)cc1OC. The molecule has 0 aliphatic carbocycles. The molecule has 0 saturated heterocycles. The second kappa shape index (κ2) is 7.13. The number of aromatic amines is 1. The summed E-state index contributed by atoms with van der Waals surface area (Å²) in [7, 11) is 3.28. The Morgan fingerprint density at radius 1 is 1.17 bits per heavy atom. The van der Waals surface area contributed by atoms with Crippen LogP contribution in [-0.2, 0) is 13.0 Å². The Bertz CT molecular complexity index is 687. The molecule has 0 fully saturated rings. The van der Waals surface area contributed by atoms with Crippen molar-refractivity contribution < 1.29 is 14.2 Å². The summed E-state index contributed by atoms with van der Waals surface area (Å²) in [4.78, 5) is 2.42. The van der Waals surface area contributed by atoms with Crippen molar-refractivity contribution in [1.29, 1.82) is 0 Å². The third-order valence-electron chi connectivity index (χ3n) is 4.48. The van der Waals surface area contributed by atoms with Gasteiger partial charge < -0.3 is 14.2 Å². The van der Waals surface area contributed by atoms with Gasteiger partial charge >= 0.3 is 0 Å². The summed E-state index contributed by atoms with van der Waals surface area (Å²) in [6.45, 7) is 7.70. The highest BCUT2D eigenvalue weighted by Crippen LogP contribution is 2.42. The lowest BCUT2D eigenvalue weighted by molar-refractivity contribution is 0.267. The quantitative estimate of drug-likeness (QED) is 0.882. The fourth-order valence-electron chi connectivity index (χ4n) is 3.16. The first kappa shape index (κ1) is 16.6. The van der Waals surface area contributed by atoms with Gasteiger partial charge in [0.1, 0.15) is 0 Å². The van der Waals surface area contributed by atoms with Crippen molar-refractivity contribution in [2.75, 3.05) is 33.9 Å². The maximum Gasteiger partial charge on any atom is 0.203 e. The van der Waals surface area contributed by atoms with Crippen LogP contribution in [0.5, 0.6) is 17.2 Å². The Kier molecular flexibility index (Phi) is 4.94. The summed E-state index contributed by atoms with van der Waals surface area (Å²) in [5.74, 6) is 1.95. The number of nitrogens with one attached hydrogen (secondary N) is 1. The van der Waals surface area contributed by atoms with E-state index >= 15 is 0 Å². The van der Waals surface area contributed by atoms with E-state index < -0.39 is 0 Å². The number of hydrogen-bond acceptors (Lipinski definition) is 5. The molecule has 6 heteroatoms. The maximum absolute atomic E-state index is 5.68. The van der Waals surface area contributed by atoms with Crippen LogP contribution >= 0.6 is 0 Å². The molecule has 0 saturated carbocycles. The normalized spacial score (nSPS) is 14.3. The zero-order valence-corrected chi connectivity index (χ0v) is 14.8. The van der Waals surface area contributed by atoms with Crippen LogP contribution in [0.4, 0.5) is 0 Å². The van der Waals surface area contributed by atoms with Crippen LogP contribution in [0.15, 0.2) is 12.1 Å². The van der Waals surface area contributed by atoms with Gasteiger partial charge in [-0.1, -0.05) is 6.92 Å². The summed E-state index contributed by atoms with van der Waals surface area (Å²) in [6, 6.07) is 3.93. The highest BCUT2D eigenvalue weighted by molar-refractivity contribution is 5.71. The number of H-pyrrole nitrogens is 1. The van der Waals surface area contributed by atoms with Crippen LogP contribution in [0.25, 0.3) is 11.3 Å². The van der Waals surface area contributed by atoms with Crippen LogP contribution in [0.2, 0.25) is 0 Å². The topological polar surface area (TPSA) is 59.6 Å². The highest BCUT2D eigenvalue weighted by Gasteiger charge is 2.24. The molecule has 2 heterocycles. The van der Waals surface area contributed by atoms with E-state index in [0.29, 0.717) is 23.9 Å². The van der Waals surface area contributed by atoms with Gasteiger partial charge in [-0.15, -0.1) is 0 Å². The molecular formula is C18H25N3O3. The van der Waals surface area contributed by atoms with Crippen LogP contribution in [-0.4, -0.2) is 49.0 Å². The van der Waals surface area contributed by atoms with E-state index in [4.69, 9.17) is 14.2 Å². The van der Waals surface area contributed by atoms with E-state index in [1.807, 2.05) is 19.1 Å². The Hall–Kier alpha value is -2.21. The molecule has 24 heavy (non-hydrogen) atoms. The molecule has 1 N–H and O–H groups in total. The number of aromatic nitrogens is 2. The Labute approximate surface area is 142 Å². The van der Waals surface area contributed by atoms with E-state index in [9.17, 15) is 0 Å². The maximum atomic E-state index is 5.68. The minimum atomic E-state index is 0.551. The van der Waals surface area contributed by atoms with Crippen molar-refractivity contribution in [2.24, 2.45) is 0 Å². The first-order chi connectivity index (χ1) is 11.7. The summed E-state index contributed by atoms with van der Waals surface area (Å²) in [6.07, 6.45) is 1.00.